The van der Waals surface area contributed by atoms with Crippen LogP contribution < -0.4 is 5.32 Å². The van der Waals surface area contributed by atoms with Crippen molar-refractivity contribution in [1.29, 1.82) is 0 Å². The average Bonchev–Trinajstić information content (AvgIpc) is 3.22. The highest BCUT2D eigenvalue weighted by atomic mass is 32.2. The normalized spacial score (nSPS) is 14.5. The van der Waals surface area contributed by atoms with E-state index in [1.807, 2.05) is 12.1 Å². The largest absolute Gasteiger partial charge is 0.310 e. The van der Waals surface area contributed by atoms with Gasteiger partial charge in [-0.2, -0.15) is 0 Å². The molecule has 0 aliphatic heterocycles. The van der Waals surface area contributed by atoms with E-state index in [1.54, 1.807) is 12.1 Å². The van der Waals surface area contributed by atoms with Gasteiger partial charge in [-0.25, -0.2) is 8.78 Å². The van der Waals surface area contributed by atoms with E-state index in [4.69, 9.17) is 0 Å². The van der Waals surface area contributed by atoms with Crippen molar-refractivity contribution in [3.63, 3.8) is 0 Å². The molecule has 4 heteroatoms. The molecule has 0 spiro atoms. The fourth-order valence-corrected chi connectivity index (χ4v) is 3.01. The fourth-order valence-electron chi connectivity index (χ4n) is 2.00. The van der Waals surface area contributed by atoms with Crippen LogP contribution in [0.4, 0.5) is 8.78 Å². The van der Waals surface area contributed by atoms with Crippen LogP contribution in [-0.2, 0) is 6.54 Å². The fraction of sp³-hybridized carbons (Fsp3) is 0.250. The summed E-state index contributed by atoms with van der Waals surface area (Å²) in [6, 6.07) is 11.9. The van der Waals surface area contributed by atoms with Crippen LogP contribution in [0.5, 0.6) is 0 Å². The summed E-state index contributed by atoms with van der Waals surface area (Å²) in [5.74, 6) is -0.483. The Kier molecular flexibility index (Phi) is 4.03. The molecule has 0 amide bonds. The van der Waals surface area contributed by atoms with Gasteiger partial charge in [0.1, 0.15) is 11.6 Å². The van der Waals surface area contributed by atoms with Crippen LogP contribution in [0.25, 0.3) is 0 Å². The van der Waals surface area contributed by atoms with Gasteiger partial charge in [0.15, 0.2) is 0 Å². The van der Waals surface area contributed by atoms with Crippen molar-refractivity contribution in [1.82, 2.24) is 5.32 Å². The molecular formula is C16H15F2NS. The molecule has 1 fully saturated rings. The minimum absolute atomic E-state index is 0.209. The first-order valence-corrected chi connectivity index (χ1v) is 7.48. The van der Waals surface area contributed by atoms with Crippen LogP contribution in [0.15, 0.2) is 52.3 Å². The maximum absolute atomic E-state index is 14.0. The monoisotopic (exact) mass is 291 g/mol. The molecule has 104 valence electrons. The summed E-state index contributed by atoms with van der Waals surface area (Å²) in [6.07, 6.45) is 2.33. The van der Waals surface area contributed by atoms with Gasteiger partial charge in [-0.3, -0.25) is 0 Å². The number of nitrogens with one attached hydrogen (secondary N) is 1. The van der Waals surface area contributed by atoms with Gasteiger partial charge < -0.3 is 5.32 Å². The van der Waals surface area contributed by atoms with Gasteiger partial charge in [-0.05, 0) is 43.2 Å². The summed E-state index contributed by atoms with van der Waals surface area (Å²) < 4.78 is 27.2. The minimum atomic E-state index is -0.274. The molecule has 1 aliphatic carbocycles. The highest BCUT2D eigenvalue weighted by Crippen LogP contribution is 2.32. The van der Waals surface area contributed by atoms with Gasteiger partial charge in [0.25, 0.3) is 0 Å². The molecule has 0 atom stereocenters. The number of rotatable bonds is 5. The van der Waals surface area contributed by atoms with Gasteiger partial charge in [0.2, 0.25) is 0 Å². The molecule has 3 rings (SSSR count). The van der Waals surface area contributed by atoms with Crippen molar-refractivity contribution in [3.05, 3.63) is 59.7 Å². The maximum Gasteiger partial charge on any atom is 0.128 e. The predicted molar refractivity (Wildman–Crippen MR) is 76.8 cm³/mol. The van der Waals surface area contributed by atoms with Gasteiger partial charge in [-0.1, -0.05) is 23.9 Å². The predicted octanol–water partition coefficient (Wildman–Crippen LogP) is 4.37. The van der Waals surface area contributed by atoms with E-state index in [0.717, 1.165) is 9.79 Å². The van der Waals surface area contributed by atoms with Gasteiger partial charge in [-0.15, -0.1) is 0 Å². The number of hydrogen-bond donors (Lipinski definition) is 1. The molecule has 0 saturated heterocycles. The summed E-state index contributed by atoms with van der Waals surface area (Å²) in [6.45, 7) is 0.523. The van der Waals surface area contributed by atoms with Crippen molar-refractivity contribution >= 4 is 11.8 Å². The Bertz CT molecular complexity index is 611. The number of benzene rings is 2. The first kappa shape index (κ1) is 13.6. The zero-order valence-electron chi connectivity index (χ0n) is 10.9. The zero-order valence-corrected chi connectivity index (χ0v) is 11.7. The Labute approximate surface area is 121 Å². The quantitative estimate of drug-likeness (QED) is 0.878. The summed E-state index contributed by atoms with van der Waals surface area (Å²) in [4.78, 5) is 1.62. The molecule has 1 saturated carbocycles. The Morgan fingerprint density at radius 2 is 1.90 bits per heavy atom. The minimum Gasteiger partial charge on any atom is -0.310 e. The topological polar surface area (TPSA) is 12.0 Å². The van der Waals surface area contributed by atoms with Crippen molar-refractivity contribution in [2.75, 3.05) is 0 Å². The van der Waals surface area contributed by atoms with Crippen molar-refractivity contribution in [3.8, 4) is 0 Å². The van der Waals surface area contributed by atoms with Crippen molar-refractivity contribution < 1.29 is 8.78 Å². The highest BCUT2D eigenvalue weighted by molar-refractivity contribution is 7.99. The highest BCUT2D eigenvalue weighted by Gasteiger charge is 2.21. The maximum atomic E-state index is 14.0. The average molecular weight is 291 g/mol. The lowest BCUT2D eigenvalue weighted by Gasteiger charge is -2.11. The van der Waals surface area contributed by atoms with Crippen molar-refractivity contribution in [2.45, 2.75) is 35.2 Å². The van der Waals surface area contributed by atoms with E-state index in [-0.39, 0.29) is 11.6 Å². The van der Waals surface area contributed by atoms with E-state index in [1.165, 1.54) is 42.8 Å². The number of hydrogen-bond acceptors (Lipinski definition) is 2. The second kappa shape index (κ2) is 5.94. The van der Waals surface area contributed by atoms with Crippen LogP contribution in [0.1, 0.15) is 18.4 Å². The van der Waals surface area contributed by atoms with E-state index >= 15 is 0 Å². The van der Waals surface area contributed by atoms with Gasteiger partial charge in [0, 0.05) is 27.9 Å². The Balaban J connectivity index is 1.82. The Morgan fingerprint density at radius 3 is 2.65 bits per heavy atom. The lowest BCUT2D eigenvalue weighted by molar-refractivity contribution is 0.579. The van der Waals surface area contributed by atoms with E-state index < -0.39 is 0 Å². The SMILES string of the molecule is Fc1cccc(Sc2cccc(F)c2CNC2CC2)c1. The third kappa shape index (κ3) is 3.38. The van der Waals surface area contributed by atoms with E-state index in [9.17, 15) is 8.78 Å². The molecule has 1 nitrogen and oxygen atoms in total. The molecule has 0 heterocycles. The standard InChI is InChI=1S/C16H15F2NS/c17-11-3-1-4-13(9-11)20-16-6-2-5-15(18)14(16)10-19-12-7-8-12/h1-6,9,12,19H,7-8,10H2. The molecule has 1 N–H and O–H groups in total. The molecule has 0 bridgehead atoms. The van der Waals surface area contributed by atoms with Crippen LogP contribution in [0.2, 0.25) is 0 Å². The molecule has 2 aromatic rings. The van der Waals surface area contributed by atoms with E-state index in [0.29, 0.717) is 18.2 Å². The molecule has 0 radical (unpaired) electrons. The Morgan fingerprint density at radius 1 is 1.10 bits per heavy atom. The summed E-state index contributed by atoms with van der Waals surface area (Å²) >= 11 is 1.39. The second-order valence-corrected chi connectivity index (χ2v) is 6.05. The molecular weight excluding hydrogens is 276 g/mol. The number of halogens is 2. The summed E-state index contributed by atoms with van der Waals surface area (Å²) in [5.41, 5.74) is 0.661. The molecule has 20 heavy (non-hydrogen) atoms. The summed E-state index contributed by atoms with van der Waals surface area (Å²) in [7, 11) is 0. The third-order valence-corrected chi connectivity index (χ3v) is 4.34. The van der Waals surface area contributed by atoms with Crippen LogP contribution >= 0.6 is 11.8 Å². The first-order chi connectivity index (χ1) is 9.72. The van der Waals surface area contributed by atoms with Crippen LogP contribution in [0.3, 0.4) is 0 Å². The molecule has 0 aromatic heterocycles. The zero-order chi connectivity index (χ0) is 13.9. The van der Waals surface area contributed by atoms with Gasteiger partial charge in [0.05, 0.1) is 0 Å². The summed E-state index contributed by atoms with van der Waals surface area (Å²) in [5, 5.41) is 3.32. The van der Waals surface area contributed by atoms with E-state index in [2.05, 4.69) is 5.32 Å². The Hall–Kier alpha value is -1.39. The molecule has 0 unspecified atom stereocenters. The first-order valence-electron chi connectivity index (χ1n) is 6.66. The van der Waals surface area contributed by atoms with Crippen molar-refractivity contribution in [2.24, 2.45) is 0 Å². The lowest BCUT2D eigenvalue weighted by atomic mass is 10.2. The molecule has 1 aliphatic rings. The lowest BCUT2D eigenvalue weighted by Crippen LogP contribution is -2.16. The second-order valence-electron chi connectivity index (χ2n) is 4.93. The van der Waals surface area contributed by atoms with Crippen LogP contribution in [-0.4, -0.2) is 6.04 Å². The molecule has 2 aromatic carbocycles. The third-order valence-electron chi connectivity index (χ3n) is 3.24. The van der Waals surface area contributed by atoms with Crippen LogP contribution in [0, 0.1) is 11.6 Å². The van der Waals surface area contributed by atoms with Gasteiger partial charge >= 0.3 is 0 Å². The smallest absolute Gasteiger partial charge is 0.128 e.